The Labute approximate surface area is 124 Å². The Morgan fingerprint density at radius 1 is 1.15 bits per heavy atom. The van der Waals surface area contributed by atoms with Crippen molar-refractivity contribution in [3.8, 4) is 11.5 Å². The molecule has 0 aliphatic carbocycles. The fourth-order valence-electron chi connectivity index (χ4n) is 2.07. The van der Waals surface area contributed by atoms with Gasteiger partial charge in [-0.15, -0.1) is 0 Å². The summed E-state index contributed by atoms with van der Waals surface area (Å²) in [4.78, 5) is 2.29. The van der Waals surface area contributed by atoms with E-state index in [2.05, 4.69) is 22.1 Å². The number of halogens is 1. The van der Waals surface area contributed by atoms with E-state index in [0.29, 0.717) is 16.5 Å². The molecule has 1 aromatic carbocycles. The molecule has 0 N–H and O–H groups in total. The first-order valence-corrected chi connectivity index (χ1v) is 6.91. The molecule has 2 rings (SSSR count). The lowest BCUT2D eigenvalue weighted by Gasteiger charge is -2.30. The van der Waals surface area contributed by atoms with E-state index in [1.807, 2.05) is 12.1 Å². The number of piperazine rings is 1. The number of hydrogen-bond donors (Lipinski definition) is 0. The lowest BCUT2D eigenvalue weighted by molar-refractivity contribution is 0.159. The second-order valence-corrected chi connectivity index (χ2v) is 5.15. The van der Waals surface area contributed by atoms with E-state index in [4.69, 9.17) is 21.1 Å². The molecule has 0 bridgehead atoms. The van der Waals surface area contributed by atoms with E-state index in [-0.39, 0.29) is 0 Å². The van der Waals surface area contributed by atoms with Crippen molar-refractivity contribution < 1.29 is 9.47 Å². The van der Waals surface area contributed by atoms with Crippen LogP contribution in [0.3, 0.4) is 0 Å². The number of ether oxygens (including phenoxy) is 2. The fourth-order valence-corrected chi connectivity index (χ4v) is 2.37. The first kappa shape index (κ1) is 14.9. The number of methoxy groups -OCH3 is 2. The molecule has 1 aliphatic heterocycles. The molecule has 1 heterocycles. The minimum absolute atomic E-state index is 0.520. The predicted molar refractivity (Wildman–Crippen MR) is 81.2 cm³/mol. The zero-order chi connectivity index (χ0) is 14.5. The van der Waals surface area contributed by atoms with Crippen LogP contribution in [0.1, 0.15) is 5.56 Å². The largest absolute Gasteiger partial charge is 0.493 e. The number of rotatable bonds is 4. The maximum Gasteiger partial charge on any atom is 0.179 e. The summed E-state index contributed by atoms with van der Waals surface area (Å²) >= 11 is 6.17. The van der Waals surface area contributed by atoms with E-state index < -0.39 is 0 Å². The highest BCUT2D eigenvalue weighted by molar-refractivity contribution is 6.32. The average molecular weight is 298 g/mol. The average Bonchev–Trinajstić information content (AvgIpc) is 2.46. The molecule has 5 nitrogen and oxygen atoms in total. The lowest BCUT2D eigenvalue weighted by atomic mass is 10.2. The highest BCUT2D eigenvalue weighted by Crippen LogP contribution is 2.35. The second-order valence-electron chi connectivity index (χ2n) is 4.74. The van der Waals surface area contributed by atoms with E-state index >= 15 is 0 Å². The van der Waals surface area contributed by atoms with Gasteiger partial charge in [-0.1, -0.05) is 11.6 Å². The molecule has 0 spiro atoms. The van der Waals surface area contributed by atoms with Crippen molar-refractivity contribution in [3.05, 3.63) is 22.7 Å². The van der Waals surface area contributed by atoms with Crippen LogP contribution in [0.2, 0.25) is 5.02 Å². The number of hydrogen-bond acceptors (Lipinski definition) is 5. The minimum atomic E-state index is 0.520. The normalized spacial score (nSPS) is 16.7. The van der Waals surface area contributed by atoms with Crippen LogP contribution in [-0.4, -0.2) is 63.6 Å². The quantitative estimate of drug-likeness (QED) is 0.796. The molecule has 0 unspecified atom stereocenters. The van der Waals surface area contributed by atoms with E-state index in [0.717, 1.165) is 31.7 Å². The van der Waals surface area contributed by atoms with Gasteiger partial charge in [0.05, 0.1) is 25.5 Å². The van der Waals surface area contributed by atoms with Crippen molar-refractivity contribution in [1.29, 1.82) is 0 Å². The lowest BCUT2D eigenvalue weighted by Crippen LogP contribution is -2.41. The molecule has 0 aromatic heterocycles. The van der Waals surface area contributed by atoms with Crippen molar-refractivity contribution in [2.45, 2.75) is 0 Å². The van der Waals surface area contributed by atoms with Gasteiger partial charge in [-0.3, -0.25) is 5.01 Å². The molecule has 0 atom stereocenters. The van der Waals surface area contributed by atoms with Crippen molar-refractivity contribution >= 4 is 17.8 Å². The molecule has 1 saturated heterocycles. The molecule has 110 valence electrons. The Bertz CT molecular complexity index is 486. The Morgan fingerprint density at radius 3 is 2.45 bits per heavy atom. The molecule has 1 fully saturated rings. The van der Waals surface area contributed by atoms with E-state index in [1.54, 1.807) is 20.4 Å². The SMILES string of the molecule is COc1cc(/C=N\N2CCN(C)CC2)cc(Cl)c1OC. The molecular formula is C14H20ClN3O2. The number of benzene rings is 1. The molecule has 0 radical (unpaired) electrons. The third-order valence-electron chi connectivity index (χ3n) is 3.31. The number of hydrazone groups is 1. The summed E-state index contributed by atoms with van der Waals surface area (Å²) < 4.78 is 10.5. The highest BCUT2D eigenvalue weighted by Gasteiger charge is 2.12. The van der Waals surface area contributed by atoms with Crippen LogP contribution in [0.25, 0.3) is 0 Å². The molecule has 0 saturated carbocycles. The van der Waals surface area contributed by atoms with Gasteiger partial charge in [0.2, 0.25) is 0 Å². The third-order valence-corrected chi connectivity index (χ3v) is 3.59. The van der Waals surface area contributed by atoms with E-state index in [9.17, 15) is 0 Å². The summed E-state index contributed by atoms with van der Waals surface area (Å²) in [7, 11) is 5.28. The Balaban J connectivity index is 2.11. The Morgan fingerprint density at radius 2 is 1.85 bits per heavy atom. The fraction of sp³-hybridized carbons (Fsp3) is 0.500. The summed E-state index contributed by atoms with van der Waals surface area (Å²) in [5.74, 6) is 1.16. The predicted octanol–water partition coefficient (Wildman–Crippen LogP) is 1.94. The minimum Gasteiger partial charge on any atom is -0.493 e. The zero-order valence-corrected chi connectivity index (χ0v) is 12.9. The van der Waals surface area contributed by atoms with Gasteiger partial charge in [-0.05, 0) is 24.7 Å². The van der Waals surface area contributed by atoms with Crippen molar-refractivity contribution in [2.75, 3.05) is 47.4 Å². The van der Waals surface area contributed by atoms with Crippen LogP contribution >= 0.6 is 11.6 Å². The van der Waals surface area contributed by atoms with Gasteiger partial charge in [-0.2, -0.15) is 5.10 Å². The topological polar surface area (TPSA) is 37.3 Å². The van der Waals surface area contributed by atoms with Crippen molar-refractivity contribution in [1.82, 2.24) is 9.91 Å². The van der Waals surface area contributed by atoms with Gasteiger partial charge in [0, 0.05) is 26.2 Å². The maximum atomic E-state index is 6.17. The summed E-state index contributed by atoms with van der Waals surface area (Å²) in [6.45, 7) is 3.94. The molecule has 0 amide bonds. The van der Waals surface area contributed by atoms with Gasteiger partial charge in [0.15, 0.2) is 11.5 Å². The first-order chi connectivity index (χ1) is 9.63. The zero-order valence-electron chi connectivity index (χ0n) is 12.1. The number of nitrogens with zero attached hydrogens (tertiary/aromatic N) is 3. The second kappa shape index (κ2) is 6.81. The first-order valence-electron chi connectivity index (χ1n) is 6.53. The van der Waals surface area contributed by atoms with E-state index in [1.165, 1.54) is 0 Å². The van der Waals surface area contributed by atoms with Gasteiger partial charge in [0.25, 0.3) is 0 Å². The summed E-state index contributed by atoms with van der Waals surface area (Å²) in [5, 5.41) is 7.07. The van der Waals surface area contributed by atoms with Crippen LogP contribution in [0, 0.1) is 0 Å². The smallest absolute Gasteiger partial charge is 0.179 e. The molecular weight excluding hydrogens is 278 g/mol. The summed E-state index contributed by atoms with van der Waals surface area (Å²) in [6, 6.07) is 3.69. The molecule has 1 aliphatic rings. The van der Waals surface area contributed by atoms with Crippen molar-refractivity contribution in [3.63, 3.8) is 0 Å². The van der Waals surface area contributed by atoms with Crippen molar-refractivity contribution in [2.24, 2.45) is 5.10 Å². The van der Waals surface area contributed by atoms with Gasteiger partial charge >= 0.3 is 0 Å². The van der Waals surface area contributed by atoms with Crippen LogP contribution in [0.15, 0.2) is 17.2 Å². The third kappa shape index (κ3) is 3.55. The van der Waals surface area contributed by atoms with Gasteiger partial charge < -0.3 is 14.4 Å². The monoisotopic (exact) mass is 297 g/mol. The maximum absolute atomic E-state index is 6.17. The standard InChI is InChI=1S/C14H20ClN3O2/c1-17-4-6-18(7-5-17)16-10-11-8-12(15)14(20-3)13(9-11)19-2/h8-10H,4-7H2,1-3H3/b16-10-. The highest BCUT2D eigenvalue weighted by atomic mass is 35.5. The van der Waals surface area contributed by atoms with Gasteiger partial charge in [-0.25, -0.2) is 0 Å². The van der Waals surface area contributed by atoms with Crippen LogP contribution in [0.4, 0.5) is 0 Å². The summed E-state index contributed by atoms with van der Waals surface area (Å²) in [6.07, 6.45) is 1.80. The van der Waals surface area contributed by atoms with Crippen LogP contribution in [0.5, 0.6) is 11.5 Å². The van der Waals surface area contributed by atoms with Gasteiger partial charge in [0.1, 0.15) is 0 Å². The molecule has 1 aromatic rings. The molecule has 6 heteroatoms. The Hall–Kier alpha value is -1.46. The number of likely N-dealkylation sites (N-methyl/N-ethyl adjacent to an activating group) is 1. The Kier molecular flexibility index (Phi) is 5.09. The van der Waals surface area contributed by atoms with Crippen LogP contribution in [-0.2, 0) is 0 Å². The van der Waals surface area contributed by atoms with Crippen LogP contribution < -0.4 is 9.47 Å². The summed E-state index contributed by atoms with van der Waals surface area (Å²) in [5.41, 5.74) is 0.895. The molecule has 20 heavy (non-hydrogen) atoms.